The molecule has 11 nitrogen and oxygen atoms in total. The minimum Gasteiger partial charge on any atom is -0.465 e. The fourth-order valence-electron chi connectivity index (χ4n) is 2.75. The van der Waals surface area contributed by atoms with Gasteiger partial charge in [0.1, 0.15) is 0 Å². The number of nitrogens with zero attached hydrogens (tertiary/aromatic N) is 1. The Morgan fingerprint density at radius 1 is 0.848 bits per heavy atom. The van der Waals surface area contributed by atoms with E-state index in [0.717, 1.165) is 36.7 Å². The van der Waals surface area contributed by atoms with Crippen molar-refractivity contribution >= 4 is 43.4 Å². The van der Waals surface area contributed by atoms with Gasteiger partial charge in [-0.05, 0) is 43.3 Å². The summed E-state index contributed by atoms with van der Waals surface area (Å²) >= 11 is 0. The van der Waals surface area contributed by atoms with Crippen molar-refractivity contribution in [2.45, 2.75) is 16.7 Å². The lowest BCUT2D eigenvalue weighted by molar-refractivity contribution is 0.0598. The molecule has 0 unspecified atom stereocenters. The second kappa shape index (κ2) is 10.2. The van der Waals surface area contributed by atoms with Crippen molar-refractivity contribution < 1.29 is 35.9 Å². The SMILES string of the molecule is CCNc1ccc(S(=O)(=O)N(C)C)cc1NS(=O)(=O)c1cc(C(=O)OC)cc(C(=O)OC)c1. The first kappa shape index (κ1) is 26.1. The average Bonchev–Trinajstić information content (AvgIpc) is 2.78. The lowest BCUT2D eigenvalue weighted by atomic mass is 10.1. The van der Waals surface area contributed by atoms with Gasteiger partial charge >= 0.3 is 11.9 Å². The van der Waals surface area contributed by atoms with E-state index in [-0.39, 0.29) is 21.7 Å². The number of carbonyl (C=O) groups excluding carboxylic acids is 2. The van der Waals surface area contributed by atoms with Crippen molar-refractivity contribution in [2.24, 2.45) is 0 Å². The Bertz CT molecular complexity index is 1240. The van der Waals surface area contributed by atoms with Crippen molar-refractivity contribution in [2.75, 3.05) is 44.9 Å². The standard InChI is InChI=1S/C20H25N3O8S2/c1-6-21-17-8-7-15(33(28,29)23(2)3)12-18(17)22-32(26,27)16-10-13(19(24)30-4)9-14(11-16)20(25)31-5/h7-12,21-22H,6H2,1-5H3. The van der Waals surface area contributed by atoms with Crippen molar-refractivity contribution in [3.8, 4) is 0 Å². The smallest absolute Gasteiger partial charge is 0.337 e. The van der Waals surface area contributed by atoms with E-state index in [4.69, 9.17) is 0 Å². The molecular weight excluding hydrogens is 474 g/mol. The number of anilines is 2. The summed E-state index contributed by atoms with van der Waals surface area (Å²) in [4.78, 5) is 23.4. The van der Waals surface area contributed by atoms with E-state index >= 15 is 0 Å². The van der Waals surface area contributed by atoms with Crippen LogP contribution in [0.3, 0.4) is 0 Å². The van der Waals surface area contributed by atoms with Gasteiger partial charge in [0.15, 0.2) is 0 Å². The molecular formula is C20H25N3O8S2. The van der Waals surface area contributed by atoms with Gasteiger partial charge in [0, 0.05) is 20.6 Å². The number of nitrogens with one attached hydrogen (secondary N) is 2. The lowest BCUT2D eigenvalue weighted by Crippen LogP contribution is -2.23. The van der Waals surface area contributed by atoms with Crippen LogP contribution < -0.4 is 10.0 Å². The third-order valence-electron chi connectivity index (χ3n) is 4.44. The molecule has 0 radical (unpaired) electrons. The Kier molecular flexibility index (Phi) is 8.06. The van der Waals surface area contributed by atoms with Crippen LogP contribution in [-0.4, -0.2) is 67.9 Å². The van der Waals surface area contributed by atoms with Gasteiger partial charge in [0.05, 0.1) is 46.5 Å². The molecule has 0 fully saturated rings. The Morgan fingerprint density at radius 3 is 1.85 bits per heavy atom. The van der Waals surface area contributed by atoms with Crippen LogP contribution in [0.5, 0.6) is 0 Å². The minimum absolute atomic E-state index is 0.0390. The molecule has 13 heteroatoms. The first-order valence-corrected chi connectivity index (χ1v) is 12.4. The van der Waals surface area contributed by atoms with Gasteiger partial charge in [-0.3, -0.25) is 4.72 Å². The van der Waals surface area contributed by atoms with Gasteiger partial charge in [-0.15, -0.1) is 0 Å². The molecule has 0 aliphatic carbocycles. The molecule has 0 spiro atoms. The molecule has 2 aromatic carbocycles. The first-order chi connectivity index (χ1) is 15.4. The number of rotatable bonds is 9. The highest BCUT2D eigenvalue weighted by Crippen LogP contribution is 2.29. The maximum atomic E-state index is 13.2. The highest BCUT2D eigenvalue weighted by molar-refractivity contribution is 7.92. The molecule has 0 aliphatic heterocycles. The van der Waals surface area contributed by atoms with Gasteiger partial charge in [0.25, 0.3) is 10.0 Å². The van der Waals surface area contributed by atoms with Crippen LogP contribution in [0.15, 0.2) is 46.2 Å². The molecule has 0 heterocycles. The third-order valence-corrected chi connectivity index (χ3v) is 7.60. The number of ether oxygens (including phenoxy) is 2. The van der Waals surface area contributed by atoms with Crippen LogP contribution in [-0.2, 0) is 29.5 Å². The minimum atomic E-state index is -4.38. The van der Waals surface area contributed by atoms with Crippen molar-refractivity contribution in [3.63, 3.8) is 0 Å². The van der Waals surface area contributed by atoms with Gasteiger partial charge in [-0.25, -0.2) is 30.7 Å². The highest BCUT2D eigenvalue weighted by atomic mass is 32.2. The number of esters is 2. The number of methoxy groups -OCH3 is 2. The molecule has 180 valence electrons. The Balaban J connectivity index is 2.64. The van der Waals surface area contributed by atoms with Crippen LogP contribution in [0.25, 0.3) is 0 Å². The topological polar surface area (TPSA) is 148 Å². The molecule has 2 aromatic rings. The molecule has 0 saturated carbocycles. The summed E-state index contributed by atoms with van der Waals surface area (Å²) in [5, 5.41) is 2.95. The van der Waals surface area contributed by atoms with E-state index in [1.807, 2.05) is 0 Å². The van der Waals surface area contributed by atoms with E-state index in [1.165, 1.54) is 32.3 Å². The predicted molar refractivity (Wildman–Crippen MR) is 121 cm³/mol. The second-order valence-electron chi connectivity index (χ2n) is 6.86. The molecule has 33 heavy (non-hydrogen) atoms. The fourth-order valence-corrected chi connectivity index (χ4v) is 4.82. The fraction of sp³-hybridized carbons (Fsp3) is 0.300. The molecule has 0 aliphatic rings. The zero-order chi connectivity index (χ0) is 25.0. The number of sulfonamides is 2. The van der Waals surface area contributed by atoms with Gasteiger partial charge in [-0.2, -0.15) is 0 Å². The van der Waals surface area contributed by atoms with Crippen LogP contribution >= 0.6 is 0 Å². The Hall–Kier alpha value is -3.16. The summed E-state index contributed by atoms with van der Waals surface area (Å²) in [6.07, 6.45) is 0. The van der Waals surface area contributed by atoms with Crippen LogP contribution in [0, 0.1) is 0 Å². The van der Waals surface area contributed by atoms with Gasteiger partial charge in [0.2, 0.25) is 10.0 Å². The zero-order valence-corrected chi connectivity index (χ0v) is 20.3. The van der Waals surface area contributed by atoms with Crippen molar-refractivity contribution in [3.05, 3.63) is 47.5 Å². The first-order valence-electron chi connectivity index (χ1n) is 9.52. The van der Waals surface area contributed by atoms with E-state index in [0.29, 0.717) is 12.2 Å². The third kappa shape index (κ3) is 5.80. The summed E-state index contributed by atoms with van der Waals surface area (Å²) in [7, 11) is -3.30. The average molecular weight is 500 g/mol. The highest BCUT2D eigenvalue weighted by Gasteiger charge is 2.24. The summed E-state index contributed by atoms with van der Waals surface area (Å²) < 4.78 is 64.0. The van der Waals surface area contributed by atoms with Crippen molar-refractivity contribution in [1.29, 1.82) is 0 Å². The summed E-state index contributed by atoms with van der Waals surface area (Å²) in [6.45, 7) is 2.21. The second-order valence-corrected chi connectivity index (χ2v) is 10.7. The number of carbonyl (C=O) groups is 2. The quantitative estimate of drug-likeness (QED) is 0.492. The molecule has 0 aromatic heterocycles. The largest absolute Gasteiger partial charge is 0.465 e. The van der Waals surface area contributed by atoms with Crippen LogP contribution in [0.4, 0.5) is 11.4 Å². The zero-order valence-electron chi connectivity index (χ0n) is 18.7. The summed E-state index contributed by atoms with van der Waals surface area (Å²) in [5.74, 6) is -1.71. The van der Waals surface area contributed by atoms with E-state index in [2.05, 4.69) is 19.5 Å². The van der Waals surface area contributed by atoms with Crippen molar-refractivity contribution in [1.82, 2.24) is 4.31 Å². The molecule has 0 bridgehead atoms. The Morgan fingerprint density at radius 2 is 1.39 bits per heavy atom. The molecule has 0 amide bonds. The number of hydrogen-bond acceptors (Lipinski definition) is 9. The Labute approximate surface area is 192 Å². The van der Waals surface area contributed by atoms with Gasteiger partial charge < -0.3 is 14.8 Å². The number of benzene rings is 2. The monoisotopic (exact) mass is 499 g/mol. The van der Waals surface area contributed by atoms with E-state index in [1.54, 1.807) is 6.92 Å². The maximum absolute atomic E-state index is 13.2. The lowest BCUT2D eigenvalue weighted by Gasteiger charge is -2.17. The predicted octanol–water partition coefficient (Wildman–Crippen LogP) is 1.74. The molecule has 0 saturated heterocycles. The summed E-state index contributed by atoms with van der Waals surface area (Å²) in [6, 6.07) is 7.17. The number of hydrogen-bond donors (Lipinski definition) is 2. The summed E-state index contributed by atoms with van der Waals surface area (Å²) in [5.41, 5.74) is -0.0767. The van der Waals surface area contributed by atoms with E-state index in [9.17, 15) is 26.4 Å². The van der Waals surface area contributed by atoms with Crippen LogP contribution in [0.2, 0.25) is 0 Å². The molecule has 2 rings (SSSR count). The molecule has 2 N–H and O–H groups in total. The normalized spacial score (nSPS) is 11.7. The molecule has 0 atom stereocenters. The van der Waals surface area contributed by atoms with E-state index < -0.39 is 36.9 Å². The van der Waals surface area contributed by atoms with Crippen LogP contribution in [0.1, 0.15) is 27.6 Å². The van der Waals surface area contributed by atoms with Gasteiger partial charge in [-0.1, -0.05) is 0 Å². The maximum Gasteiger partial charge on any atom is 0.337 e.